The summed E-state index contributed by atoms with van der Waals surface area (Å²) in [4.78, 5) is 18.7. The van der Waals surface area contributed by atoms with Crippen molar-refractivity contribution in [2.24, 2.45) is 0 Å². The fourth-order valence-electron chi connectivity index (χ4n) is 2.35. The molecule has 1 amide bonds. The minimum absolute atomic E-state index is 0.168. The van der Waals surface area contributed by atoms with Crippen LogP contribution in [0.5, 0.6) is 0 Å². The van der Waals surface area contributed by atoms with Crippen molar-refractivity contribution in [3.05, 3.63) is 95.3 Å². The van der Waals surface area contributed by atoms with E-state index in [0.29, 0.717) is 12.1 Å². The third-order valence-corrected chi connectivity index (χ3v) is 3.79. The predicted octanol–water partition coefficient (Wildman–Crippen LogP) is 4.58. The van der Waals surface area contributed by atoms with Gasteiger partial charge in [0.1, 0.15) is 5.15 Å². The van der Waals surface area contributed by atoms with Crippen LogP contribution < -0.4 is 4.90 Å². The predicted molar refractivity (Wildman–Crippen MR) is 92.6 cm³/mol. The Labute approximate surface area is 140 Å². The fourth-order valence-corrected chi connectivity index (χ4v) is 2.55. The SMILES string of the molecule is O=C(c1cccnc1Cl)N(Cc1ccccc1)c1ccccc1. The van der Waals surface area contributed by atoms with Crippen LogP contribution in [0.4, 0.5) is 5.69 Å². The van der Waals surface area contributed by atoms with Crippen LogP contribution >= 0.6 is 11.6 Å². The second-order valence-corrected chi connectivity index (χ2v) is 5.41. The molecule has 3 rings (SSSR count). The molecule has 0 spiro atoms. The van der Waals surface area contributed by atoms with Crippen molar-refractivity contribution >= 4 is 23.2 Å². The van der Waals surface area contributed by atoms with Gasteiger partial charge in [0.05, 0.1) is 12.1 Å². The van der Waals surface area contributed by atoms with Crippen molar-refractivity contribution in [3.8, 4) is 0 Å². The van der Waals surface area contributed by atoms with Crippen molar-refractivity contribution in [1.29, 1.82) is 0 Å². The van der Waals surface area contributed by atoms with Crippen molar-refractivity contribution in [2.45, 2.75) is 6.54 Å². The number of amides is 1. The number of halogens is 1. The van der Waals surface area contributed by atoms with Gasteiger partial charge in [-0.25, -0.2) is 4.98 Å². The molecule has 1 heterocycles. The Morgan fingerprint density at radius 3 is 2.22 bits per heavy atom. The molecule has 0 bridgehead atoms. The minimum atomic E-state index is -0.168. The number of rotatable bonds is 4. The van der Waals surface area contributed by atoms with Gasteiger partial charge in [-0.05, 0) is 29.8 Å². The topological polar surface area (TPSA) is 33.2 Å². The third-order valence-electron chi connectivity index (χ3n) is 3.49. The summed E-state index contributed by atoms with van der Waals surface area (Å²) in [6.45, 7) is 0.467. The van der Waals surface area contributed by atoms with Crippen LogP contribution in [-0.2, 0) is 6.54 Å². The van der Waals surface area contributed by atoms with Crippen molar-refractivity contribution < 1.29 is 4.79 Å². The molecule has 0 N–H and O–H groups in total. The third kappa shape index (κ3) is 3.58. The summed E-state index contributed by atoms with van der Waals surface area (Å²) in [7, 11) is 0. The van der Waals surface area contributed by atoms with Crippen LogP contribution in [0.2, 0.25) is 5.15 Å². The zero-order valence-electron chi connectivity index (χ0n) is 12.4. The van der Waals surface area contributed by atoms with Gasteiger partial charge in [0, 0.05) is 11.9 Å². The van der Waals surface area contributed by atoms with Gasteiger partial charge in [-0.3, -0.25) is 4.79 Å². The number of para-hydroxylation sites is 1. The molecule has 23 heavy (non-hydrogen) atoms. The molecule has 4 heteroatoms. The number of carbonyl (C=O) groups is 1. The summed E-state index contributed by atoms with van der Waals surface area (Å²) in [6, 6.07) is 22.8. The minimum Gasteiger partial charge on any atom is -0.304 e. The highest BCUT2D eigenvalue weighted by atomic mass is 35.5. The Hall–Kier alpha value is -2.65. The van der Waals surface area contributed by atoms with E-state index in [0.717, 1.165) is 11.3 Å². The maximum Gasteiger partial charge on any atom is 0.261 e. The van der Waals surface area contributed by atoms with E-state index in [9.17, 15) is 4.79 Å². The molecule has 114 valence electrons. The Morgan fingerprint density at radius 2 is 1.57 bits per heavy atom. The average molecular weight is 323 g/mol. The Balaban J connectivity index is 1.98. The molecule has 2 aromatic carbocycles. The summed E-state index contributed by atoms with van der Waals surface area (Å²) < 4.78 is 0. The first-order valence-corrected chi connectivity index (χ1v) is 7.65. The Kier molecular flexibility index (Phi) is 4.69. The lowest BCUT2D eigenvalue weighted by Gasteiger charge is -2.23. The van der Waals surface area contributed by atoms with Gasteiger partial charge in [-0.15, -0.1) is 0 Å². The molecule has 0 aliphatic rings. The van der Waals surface area contributed by atoms with Crippen molar-refractivity contribution in [3.63, 3.8) is 0 Å². The number of aromatic nitrogens is 1. The molecule has 0 fully saturated rings. The largest absolute Gasteiger partial charge is 0.304 e. The summed E-state index contributed by atoms with van der Waals surface area (Å²) in [6.07, 6.45) is 1.57. The van der Waals surface area contributed by atoms with Crippen molar-refractivity contribution in [1.82, 2.24) is 4.98 Å². The van der Waals surface area contributed by atoms with Gasteiger partial charge in [-0.1, -0.05) is 60.1 Å². The second-order valence-electron chi connectivity index (χ2n) is 5.05. The number of benzene rings is 2. The van der Waals surface area contributed by atoms with Crippen LogP contribution in [-0.4, -0.2) is 10.9 Å². The van der Waals surface area contributed by atoms with Crippen LogP contribution in [0.15, 0.2) is 79.0 Å². The highest BCUT2D eigenvalue weighted by Gasteiger charge is 2.20. The molecule has 3 nitrogen and oxygen atoms in total. The lowest BCUT2D eigenvalue weighted by molar-refractivity contribution is 0.0985. The average Bonchev–Trinajstić information content (AvgIpc) is 2.61. The molecule has 0 aliphatic carbocycles. The number of hydrogen-bond acceptors (Lipinski definition) is 2. The van der Waals surface area contributed by atoms with E-state index < -0.39 is 0 Å². The zero-order valence-corrected chi connectivity index (χ0v) is 13.1. The number of hydrogen-bond donors (Lipinski definition) is 0. The smallest absolute Gasteiger partial charge is 0.261 e. The highest BCUT2D eigenvalue weighted by molar-refractivity contribution is 6.33. The molecule has 0 aliphatic heterocycles. The van der Waals surface area contributed by atoms with E-state index in [1.165, 1.54) is 0 Å². The molecule has 3 aromatic rings. The molecular formula is C19H15ClN2O. The number of anilines is 1. The van der Waals surface area contributed by atoms with Gasteiger partial charge >= 0.3 is 0 Å². The summed E-state index contributed by atoms with van der Waals surface area (Å²) in [5.41, 5.74) is 2.26. The van der Waals surface area contributed by atoms with Gasteiger partial charge in [-0.2, -0.15) is 0 Å². The summed E-state index contributed by atoms with van der Waals surface area (Å²) in [5, 5.41) is 0.214. The maximum absolute atomic E-state index is 13.0. The zero-order chi connectivity index (χ0) is 16.1. The van der Waals surface area contributed by atoms with E-state index in [4.69, 9.17) is 11.6 Å². The molecule has 0 saturated heterocycles. The summed E-state index contributed by atoms with van der Waals surface area (Å²) >= 11 is 6.10. The molecule has 0 atom stereocenters. The van der Waals surface area contributed by atoms with E-state index in [2.05, 4.69) is 4.98 Å². The first-order chi connectivity index (χ1) is 11.3. The van der Waals surface area contributed by atoms with E-state index in [1.807, 2.05) is 60.7 Å². The molecule has 1 aromatic heterocycles. The lowest BCUT2D eigenvalue weighted by atomic mass is 10.1. The Morgan fingerprint density at radius 1 is 0.913 bits per heavy atom. The van der Waals surface area contributed by atoms with Crippen LogP contribution in [0.3, 0.4) is 0 Å². The maximum atomic E-state index is 13.0. The van der Waals surface area contributed by atoms with Crippen LogP contribution in [0.1, 0.15) is 15.9 Å². The standard InChI is InChI=1S/C19H15ClN2O/c20-18-17(12-7-13-21-18)19(23)22(16-10-5-2-6-11-16)14-15-8-3-1-4-9-15/h1-13H,14H2. The van der Waals surface area contributed by atoms with Gasteiger partial charge in [0.25, 0.3) is 5.91 Å². The second kappa shape index (κ2) is 7.07. The number of carbonyl (C=O) groups excluding carboxylic acids is 1. The van der Waals surface area contributed by atoms with E-state index in [-0.39, 0.29) is 11.1 Å². The van der Waals surface area contributed by atoms with E-state index in [1.54, 1.807) is 23.2 Å². The van der Waals surface area contributed by atoms with Crippen molar-refractivity contribution in [2.75, 3.05) is 4.90 Å². The fraction of sp³-hybridized carbons (Fsp3) is 0.0526. The first-order valence-electron chi connectivity index (χ1n) is 7.27. The highest BCUT2D eigenvalue weighted by Crippen LogP contribution is 2.22. The van der Waals surface area contributed by atoms with E-state index >= 15 is 0 Å². The molecular weight excluding hydrogens is 308 g/mol. The molecule has 0 radical (unpaired) electrons. The summed E-state index contributed by atoms with van der Waals surface area (Å²) in [5.74, 6) is -0.168. The van der Waals surface area contributed by atoms with Gasteiger partial charge in [0.2, 0.25) is 0 Å². The number of nitrogens with zero attached hydrogens (tertiary/aromatic N) is 2. The van der Waals surface area contributed by atoms with Gasteiger partial charge in [0.15, 0.2) is 0 Å². The lowest BCUT2D eigenvalue weighted by Crippen LogP contribution is -2.30. The Bertz CT molecular complexity index is 791. The quantitative estimate of drug-likeness (QED) is 0.659. The molecule has 0 unspecified atom stereocenters. The van der Waals surface area contributed by atoms with Crippen LogP contribution in [0.25, 0.3) is 0 Å². The van der Waals surface area contributed by atoms with Gasteiger partial charge < -0.3 is 4.90 Å². The first kappa shape index (κ1) is 15.3. The number of pyridine rings is 1. The monoisotopic (exact) mass is 322 g/mol. The normalized spacial score (nSPS) is 10.3. The van der Waals surface area contributed by atoms with Crippen LogP contribution in [0, 0.1) is 0 Å². The molecule has 0 saturated carbocycles.